The van der Waals surface area contributed by atoms with E-state index in [2.05, 4.69) is 5.32 Å². The van der Waals surface area contributed by atoms with Gasteiger partial charge < -0.3 is 5.32 Å². The third-order valence-electron chi connectivity index (χ3n) is 3.06. The maximum Gasteiger partial charge on any atom is 0.416 e. The summed E-state index contributed by atoms with van der Waals surface area (Å²) in [5.74, 6) is 0. The molecule has 1 aromatic carbocycles. The lowest BCUT2D eigenvalue weighted by atomic mass is 10.1. The lowest BCUT2D eigenvalue weighted by Crippen LogP contribution is -2.27. The average molecular weight is 313 g/mol. The first-order chi connectivity index (χ1) is 9.59. The fourth-order valence-corrected chi connectivity index (χ4v) is 1.95. The van der Waals surface area contributed by atoms with Crippen LogP contribution in [0.4, 0.5) is 26.3 Å². The van der Waals surface area contributed by atoms with E-state index in [0.717, 1.165) is 6.07 Å². The van der Waals surface area contributed by atoms with Gasteiger partial charge in [0.1, 0.15) is 0 Å². The molecule has 0 saturated carbocycles. The quantitative estimate of drug-likeness (QED) is 0.735. The number of nitrogens with one attached hydrogen (secondary N) is 1. The van der Waals surface area contributed by atoms with Gasteiger partial charge in [-0.25, -0.2) is 0 Å². The van der Waals surface area contributed by atoms with Crippen LogP contribution in [-0.2, 0) is 12.7 Å². The highest BCUT2D eigenvalue weighted by Gasteiger charge is 2.32. The van der Waals surface area contributed by atoms with Gasteiger partial charge in [-0.15, -0.1) is 0 Å². The SMILES string of the molecule is CC(CCCC(F)(F)F)NCc1ccccc1C(F)(F)F. The Hall–Kier alpha value is -1.24. The second-order valence-corrected chi connectivity index (χ2v) is 4.94. The minimum absolute atomic E-state index is 0.0249. The van der Waals surface area contributed by atoms with Crippen molar-refractivity contribution in [2.75, 3.05) is 0 Å². The van der Waals surface area contributed by atoms with Crippen LogP contribution in [0.3, 0.4) is 0 Å². The van der Waals surface area contributed by atoms with Gasteiger partial charge in [0.2, 0.25) is 0 Å². The van der Waals surface area contributed by atoms with E-state index in [-0.39, 0.29) is 31.0 Å². The van der Waals surface area contributed by atoms with Gasteiger partial charge in [0.25, 0.3) is 0 Å². The molecule has 1 aromatic rings. The fourth-order valence-electron chi connectivity index (χ4n) is 1.95. The predicted octanol–water partition coefficient (Wildman–Crippen LogP) is 4.92. The van der Waals surface area contributed by atoms with Crippen LogP contribution in [0.2, 0.25) is 0 Å². The largest absolute Gasteiger partial charge is 0.416 e. The summed E-state index contributed by atoms with van der Waals surface area (Å²) in [6.45, 7) is 1.63. The third kappa shape index (κ3) is 6.84. The standard InChI is InChI=1S/C14H17F6N/c1-10(5-4-8-13(15,16)17)21-9-11-6-2-3-7-12(11)14(18,19)20/h2-3,6-7,10,21H,4-5,8-9H2,1H3. The van der Waals surface area contributed by atoms with Crippen molar-refractivity contribution in [2.24, 2.45) is 0 Å². The summed E-state index contributed by atoms with van der Waals surface area (Å²) in [6, 6.07) is 4.87. The number of hydrogen-bond donors (Lipinski definition) is 1. The first-order valence-corrected chi connectivity index (χ1v) is 6.55. The van der Waals surface area contributed by atoms with E-state index >= 15 is 0 Å². The van der Waals surface area contributed by atoms with Crippen LogP contribution >= 0.6 is 0 Å². The van der Waals surface area contributed by atoms with Crippen molar-refractivity contribution in [1.82, 2.24) is 5.32 Å². The molecule has 0 spiro atoms. The molecule has 0 aliphatic heterocycles. The highest BCUT2D eigenvalue weighted by molar-refractivity contribution is 5.29. The molecule has 1 nitrogen and oxygen atoms in total. The summed E-state index contributed by atoms with van der Waals surface area (Å²) in [7, 11) is 0. The zero-order chi connectivity index (χ0) is 16.1. The van der Waals surface area contributed by atoms with Crippen molar-refractivity contribution in [1.29, 1.82) is 0 Å². The Morgan fingerprint density at radius 1 is 1.05 bits per heavy atom. The summed E-state index contributed by atoms with van der Waals surface area (Å²) < 4.78 is 74.2. The second-order valence-electron chi connectivity index (χ2n) is 4.94. The minimum Gasteiger partial charge on any atom is -0.310 e. The highest BCUT2D eigenvalue weighted by Crippen LogP contribution is 2.31. The molecule has 0 bridgehead atoms. The van der Waals surface area contributed by atoms with Gasteiger partial charge in [0.05, 0.1) is 5.56 Å². The van der Waals surface area contributed by atoms with Gasteiger partial charge in [0.15, 0.2) is 0 Å². The molecule has 120 valence electrons. The number of rotatable bonds is 6. The smallest absolute Gasteiger partial charge is 0.310 e. The Morgan fingerprint density at radius 2 is 1.67 bits per heavy atom. The summed E-state index contributed by atoms with van der Waals surface area (Å²) >= 11 is 0. The maximum atomic E-state index is 12.8. The predicted molar refractivity (Wildman–Crippen MR) is 67.7 cm³/mol. The van der Waals surface area contributed by atoms with Crippen LogP contribution in [0.5, 0.6) is 0 Å². The lowest BCUT2D eigenvalue weighted by Gasteiger charge is -2.17. The van der Waals surface area contributed by atoms with E-state index in [1.165, 1.54) is 18.2 Å². The molecule has 0 amide bonds. The molecular weight excluding hydrogens is 296 g/mol. The van der Waals surface area contributed by atoms with Crippen molar-refractivity contribution < 1.29 is 26.3 Å². The molecule has 0 radical (unpaired) electrons. The molecule has 0 fully saturated rings. The van der Waals surface area contributed by atoms with Crippen molar-refractivity contribution >= 4 is 0 Å². The number of benzene rings is 1. The Morgan fingerprint density at radius 3 is 2.24 bits per heavy atom. The van der Waals surface area contributed by atoms with Crippen LogP contribution in [-0.4, -0.2) is 12.2 Å². The van der Waals surface area contributed by atoms with Crippen LogP contribution in [0.1, 0.15) is 37.3 Å². The van der Waals surface area contributed by atoms with E-state index < -0.39 is 24.3 Å². The molecule has 0 aliphatic carbocycles. The lowest BCUT2D eigenvalue weighted by molar-refractivity contribution is -0.138. The molecule has 21 heavy (non-hydrogen) atoms. The number of hydrogen-bond acceptors (Lipinski definition) is 1. The fraction of sp³-hybridized carbons (Fsp3) is 0.571. The molecule has 1 atom stereocenters. The van der Waals surface area contributed by atoms with E-state index in [0.29, 0.717) is 0 Å². The number of alkyl halides is 6. The van der Waals surface area contributed by atoms with Gasteiger partial charge in [-0.1, -0.05) is 18.2 Å². The van der Waals surface area contributed by atoms with E-state index in [1.54, 1.807) is 6.92 Å². The third-order valence-corrected chi connectivity index (χ3v) is 3.06. The summed E-state index contributed by atoms with van der Waals surface area (Å²) in [5, 5.41) is 2.83. The van der Waals surface area contributed by atoms with Crippen LogP contribution in [0.25, 0.3) is 0 Å². The zero-order valence-corrected chi connectivity index (χ0v) is 11.5. The Labute approximate surface area is 119 Å². The molecule has 1 rings (SSSR count). The normalized spacial score (nSPS) is 14.2. The van der Waals surface area contributed by atoms with Gasteiger partial charge >= 0.3 is 12.4 Å². The van der Waals surface area contributed by atoms with Crippen LogP contribution in [0.15, 0.2) is 24.3 Å². The van der Waals surface area contributed by atoms with Crippen molar-refractivity contribution in [2.45, 2.75) is 51.1 Å². The minimum atomic E-state index is -4.43. The molecule has 0 heterocycles. The van der Waals surface area contributed by atoms with Gasteiger partial charge in [-0.05, 0) is 31.4 Å². The van der Waals surface area contributed by atoms with Crippen molar-refractivity contribution in [3.05, 3.63) is 35.4 Å². The molecule has 1 N–H and O–H groups in total. The van der Waals surface area contributed by atoms with Gasteiger partial charge in [0, 0.05) is 19.0 Å². The maximum absolute atomic E-state index is 12.8. The Bertz CT molecular complexity index is 438. The van der Waals surface area contributed by atoms with Crippen molar-refractivity contribution in [3.8, 4) is 0 Å². The summed E-state index contributed by atoms with van der Waals surface area (Å²) in [6.07, 6.45) is -9.29. The molecular formula is C14H17F6N. The molecule has 7 heteroatoms. The molecule has 0 saturated heterocycles. The van der Waals surface area contributed by atoms with E-state index in [9.17, 15) is 26.3 Å². The monoisotopic (exact) mass is 313 g/mol. The topological polar surface area (TPSA) is 12.0 Å². The molecule has 0 aliphatic rings. The molecule has 1 unspecified atom stereocenters. The Kier molecular flexibility index (Phi) is 6.07. The zero-order valence-electron chi connectivity index (χ0n) is 11.5. The van der Waals surface area contributed by atoms with Gasteiger partial charge in [-0.2, -0.15) is 26.3 Å². The second kappa shape index (κ2) is 7.15. The van der Waals surface area contributed by atoms with Crippen LogP contribution in [0, 0.1) is 0 Å². The first kappa shape index (κ1) is 17.8. The first-order valence-electron chi connectivity index (χ1n) is 6.55. The van der Waals surface area contributed by atoms with Gasteiger partial charge in [-0.3, -0.25) is 0 Å². The van der Waals surface area contributed by atoms with Crippen LogP contribution < -0.4 is 5.32 Å². The van der Waals surface area contributed by atoms with Crippen molar-refractivity contribution in [3.63, 3.8) is 0 Å². The van der Waals surface area contributed by atoms with E-state index in [4.69, 9.17) is 0 Å². The average Bonchev–Trinajstić information content (AvgIpc) is 2.34. The summed E-state index contributed by atoms with van der Waals surface area (Å²) in [4.78, 5) is 0. The molecule has 0 aromatic heterocycles. The van der Waals surface area contributed by atoms with E-state index in [1.807, 2.05) is 0 Å². The number of halogens is 6. The summed E-state index contributed by atoms with van der Waals surface area (Å²) in [5.41, 5.74) is -0.632. The highest BCUT2D eigenvalue weighted by atomic mass is 19.4. The Balaban J connectivity index is 2.49.